The Balaban J connectivity index is 1.94. The summed E-state index contributed by atoms with van der Waals surface area (Å²) in [6, 6.07) is 24.6. The lowest BCUT2D eigenvalue weighted by Gasteiger charge is -2.32. The van der Waals surface area contributed by atoms with Crippen molar-refractivity contribution in [3.63, 3.8) is 0 Å². The minimum atomic E-state index is -0.629. The minimum Gasteiger partial charge on any atom is -0.354 e. The van der Waals surface area contributed by atoms with Gasteiger partial charge < -0.3 is 10.2 Å². The number of carbonyl (C=O) groups is 2. The first-order valence-corrected chi connectivity index (χ1v) is 12.2. The monoisotopic (exact) mass is 476 g/mol. The molecule has 34 heavy (non-hydrogen) atoms. The normalized spacial score (nSPS) is 11.6. The first kappa shape index (κ1) is 25.5. The lowest BCUT2D eigenvalue weighted by Crippen LogP contribution is -2.51. The molecule has 0 saturated heterocycles. The van der Waals surface area contributed by atoms with Crippen molar-refractivity contribution in [2.24, 2.45) is 0 Å². The lowest BCUT2D eigenvalue weighted by molar-refractivity contribution is -0.140. The van der Waals surface area contributed by atoms with E-state index in [4.69, 9.17) is 11.6 Å². The van der Waals surface area contributed by atoms with E-state index in [9.17, 15) is 9.59 Å². The molecule has 178 valence electrons. The van der Waals surface area contributed by atoms with Crippen molar-refractivity contribution in [3.05, 3.63) is 106 Å². The Morgan fingerprint density at radius 3 is 2.32 bits per heavy atom. The van der Waals surface area contributed by atoms with Crippen molar-refractivity contribution in [2.45, 2.75) is 52.1 Å². The third-order valence-corrected chi connectivity index (χ3v) is 6.02. The number of amides is 2. The summed E-state index contributed by atoms with van der Waals surface area (Å²) in [7, 11) is 0. The summed E-state index contributed by atoms with van der Waals surface area (Å²) in [6.07, 6.45) is 2.56. The number of halogens is 1. The molecule has 0 aromatic heterocycles. The maximum atomic E-state index is 13.7. The van der Waals surface area contributed by atoms with E-state index in [1.54, 1.807) is 4.90 Å². The molecule has 1 N–H and O–H groups in total. The Morgan fingerprint density at radius 1 is 0.912 bits per heavy atom. The van der Waals surface area contributed by atoms with Crippen LogP contribution in [0.4, 0.5) is 0 Å². The van der Waals surface area contributed by atoms with Crippen LogP contribution in [0.3, 0.4) is 0 Å². The molecular weight excluding hydrogens is 444 g/mol. The van der Waals surface area contributed by atoms with Crippen LogP contribution in [0.25, 0.3) is 0 Å². The fourth-order valence-corrected chi connectivity index (χ4v) is 4.20. The van der Waals surface area contributed by atoms with Crippen LogP contribution in [0.5, 0.6) is 0 Å². The fraction of sp³-hybridized carbons (Fsp3) is 0.310. The SMILES string of the molecule is CCCCNC(=O)[C@H](Cc1ccccc1)N(Cc1cccc(Cl)c1)C(=O)Cc1cccc(C)c1. The molecule has 0 aliphatic rings. The summed E-state index contributed by atoms with van der Waals surface area (Å²) in [5.41, 5.74) is 3.94. The summed E-state index contributed by atoms with van der Waals surface area (Å²) in [6.45, 7) is 5.00. The molecule has 1 atom stereocenters. The van der Waals surface area contributed by atoms with Crippen molar-refractivity contribution >= 4 is 23.4 Å². The molecule has 4 nitrogen and oxygen atoms in total. The molecule has 0 radical (unpaired) electrons. The number of rotatable bonds is 11. The summed E-state index contributed by atoms with van der Waals surface area (Å²) in [5.74, 6) is -0.214. The highest BCUT2D eigenvalue weighted by Gasteiger charge is 2.30. The van der Waals surface area contributed by atoms with Gasteiger partial charge >= 0.3 is 0 Å². The molecule has 0 fully saturated rings. The highest BCUT2D eigenvalue weighted by atomic mass is 35.5. The van der Waals surface area contributed by atoms with E-state index in [1.165, 1.54) is 0 Å². The quantitative estimate of drug-likeness (QED) is 0.358. The molecule has 0 spiro atoms. The number of benzene rings is 3. The van der Waals surface area contributed by atoms with Gasteiger partial charge in [-0.2, -0.15) is 0 Å². The number of hydrogen-bond acceptors (Lipinski definition) is 2. The predicted octanol–water partition coefficient (Wildman–Crippen LogP) is 5.75. The van der Waals surface area contributed by atoms with E-state index in [-0.39, 0.29) is 18.2 Å². The average molecular weight is 477 g/mol. The van der Waals surface area contributed by atoms with Gasteiger partial charge in [0.05, 0.1) is 6.42 Å². The van der Waals surface area contributed by atoms with Gasteiger partial charge in [-0.15, -0.1) is 0 Å². The molecule has 5 heteroatoms. The molecule has 0 aliphatic heterocycles. The van der Waals surface area contributed by atoms with Gasteiger partial charge in [0.15, 0.2) is 0 Å². The van der Waals surface area contributed by atoms with E-state index >= 15 is 0 Å². The standard InChI is InChI=1S/C29H33ClN2O2/c1-3-4-16-31-29(34)27(19-23-11-6-5-7-12-23)32(21-25-14-9-15-26(30)18-25)28(33)20-24-13-8-10-22(2)17-24/h5-15,17-18,27H,3-4,16,19-21H2,1-2H3,(H,31,34)/t27-/m0/s1. The predicted molar refractivity (Wildman–Crippen MR) is 139 cm³/mol. The maximum absolute atomic E-state index is 13.7. The van der Waals surface area contributed by atoms with Gasteiger partial charge in [0.1, 0.15) is 6.04 Å². The van der Waals surface area contributed by atoms with Gasteiger partial charge in [-0.05, 0) is 42.2 Å². The van der Waals surface area contributed by atoms with Gasteiger partial charge in [-0.3, -0.25) is 9.59 Å². The van der Waals surface area contributed by atoms with E-state index in [2.05, 4.69) is 12.2 Å². The number of nitrogens with one attached hydrogen (secondary N) is 1. The molecule has 0 saturated carbocycles. The number of unbranched alkanes of at least 4 members (excludes halogenated alkanes) is 1. The molecule has 3 aromatic rings. The Kier molecular flexibility index (Phi) is 9.72. The lowest BCUT2D eigenvalue weighted by atomic mass is 10.0. The summed E-state index contributed by atoms with van der Waals surface area (Å²) in [5, 5.41) is 3.66. The third kappa shape index (κ3) is 7.74. The molecule has 0 aliphatic carbocycles. The zero-order chi connectivity index (χ0) is 24.3. The molecule has 0 bridgehead atoms. The number of carbonyl (C=O) groups excluding carboxylic acids is 2. The minimum absolute atomic E-state index is 0.0860. The van der Waals surface area contributed by atoms with Gasteiger partial charge in [0.25, 0.3) is 0 Å². The van der Waals surface area contributed by atoms with Crippen molar-refractivity contribution in [1.82, 2.24) is 10.2 Å². The highest BCUT2D eigenvalue weighted by molar-refractivity contribution is 6.30. The van der Waals surface area contributed by atoms with Gasteiger partial charge in [-0.25, -0.2) is 0 Å². The zero-order valence-corrected chi connectivity index (χ0v) is 20.7. The maximum Gasteiger partial charge on any atom is 0.243 e. The molecule has 3 aromatic carbocycles. The number of aryl methyl sites for hydroxylation is 1. The fourth-order valence-electron chi connectivity index (χ4n) is 3.99. The second-order valence-electron chi connectivity index (χ2n) is 8.67. The Bertz CT molecular complexity index is 1080. The van der Waals surface area contributed by atoms with Crippen molar-refractivity contribution in [2.75, 3.05) is 6.54 Å². The van der Waals surface area contributed by atoms with Crippen LogP contribution in [0.2, 0.25) is 5.02 Å². The van der Waals surface area contributed by atoms with Crippen LogP contribution < -0.4 is 5.32 Å². The molecule has 2 amide bonds. The van der Waals surface area contributed by atoms with Crippen LogP contribution in [0.15, 0.2) is 78.9 Å². The summed E-state index contributed by atoms with van der Waals surface area (Å²) >= 11 is 6.23. The third-order valence-electron chi connectivity index (χ3n) is 5.78. The van der Waals surface area contributed by atoms with E-state index < -0.39 is 6.04 Å². The Morgan fingerprint density at radius 2 is 1.62 bits per heavy atom. The number of hydrogen-bond donors (Lipinski definition) is 1. The zero-order valence-electron chi connectivity index (χ0n) is 20.0. The van der Waals surface area contributed by atoms with Crippen LogP contribution in [0.1, 0.15) is 42.0 Å². The average Bonchev–Trinajstić information content (AvgIpc) is 2.82. The van der Waals surface area contributed by atoms with Crippen molar-refractivity contribution < 1.29 is 9.59 Å². The molecule has 0 unspecified atom stereocenters. The second kappa shape index (κ2) is 13.0. The molecular formula is C29H33ClN2O2. The van der Waals surface area contributed by atoms with Crippen molar-refractivity contribution in [3.8, 4) is 0 Å². The first-order chi connectivity index (χ1) is 16.5. The number of nitrogens with zero attached hydrogens (tertiary/aromatic N) is 1. The van der Waals surface area contributed by atoms with Crippen molar-refractivity contribution in [1.29, 1.82) is 0 Å². The van der Waals surface area contributed by atoms with Gasteiger partial charge in [0, 0.05) is 24.5 Å². The second-order valence-corrected chi connectivity index (χ2v) is 9.10. The smallest absolute Gasteiger partial charge is 0.243 e. The first-order valence-electron chi connectivity index (χ1n) is 11.9. The highest BCUT2D eigenvalue weighted by Crippen LogP contribution is 2.19. The van der Waals surface area contributed by atoms with E-state index in [1.807, 2.05) is 85.8 Å². The largest absolute Gasteiger partial charge is 0.354 e. The Hall–Kier alpha value is -3.11. The van der Waals surface area contributed by atoms with Crippen LogP contribution >= 0.6 is 11.6 Å². The summed E-state index contributed by atoms with van der Waals surface area (Å²) < 4.78 is 0. The van der Waals surface area contributed by atoms with Crippen LogP contribution in [-0.4, -0.2) is 29.3 Å². The van der Waals surface area contributed by atoms with Crippen LogP contribution in [0, 0.1) is 6.92 Å². The molecule has 3 rings (SSSR count). The van der Waals surface area contributed by atoms with Crippen LogP contribution in [-0.2, 0) is 29.0 Å². The van der Waals surface area contributed by atoms with E-state index in [0.29, 0.717) is 24.5 Å². The van der Waals surface area contributed by atoms with Gasteiger partial charge in [0.2, 0.25) is 11.8 Å². The topological polar surface area (TPSA) is 49.4 Å². The molecule has 0 heterocycles. The Labute approximate surface area is 207 Å². The summed E-state index contributed by atoms with van der Waals surface area (Å²) in [4.78, 5) is 28.8. The van der Waals surface area contributed by atoms with E-state index in [0.717, 1.165) is 35.1 Å². The van der Waals surface area contributed by atoms with Gasteiger partial charge in [-0.1, -0.05) is 97.2 Å².